The number of aliphatic hydroxyl groups is 1. The molecule has 0 aromatic heterocycles. The van der Waals surface area contributed by atoms with Crippen molar-refractivity contribution in [2.45, 2.75) is 32.4 Å². The van der Waals surface area contributed by atoms with E-state index in [0.29, 0.717) is 5.75 Å². The number of hydrogen-bond acceptors (Lipinski definition) is 3. The van der Waals surface area contributed by atoms with E-state index in [-0.39, 0.29) is 6.04 Å². The fraction of sp³-hybridized carbons (Fsp3) is 0.294. The molecule has 2 aromatic carbocycles. The Morgan fingerprint density at radius 2 is 1.60 bits per heavy atom. The topological polar surface area (TPSA) is 52.5 Å². The number of rotatable bonds is 5. The van der Waals surface area contributed by atoms with E-state index in [4.69, 9.17) is 0 Å². The number of aliphatic hydroxyl groups excluding tert-OH is 1. The van der Waals surface area contributed by atoms with Gasteiger partial charge in [0.1, 0.15) is 5.75 Å². The SMILES string of the molecule is CCC(Nc1ccccc1C(C)O)c1ccccc1O. The average molecular weight is 271 g/mol. The molecule has 3 nitrogen and oxygen atoms in total. The van der Waals surface area contributed by atoms with E-state index in [0.717, 1.165) is 23.2 Å². The number of aromatic hydroxyl groups is 1. The first-order chi connectivity index (χ1) is 9.63. The first-order valence-corrected chi connectivity index (χ1v) is 6.95. The fourth-order valence-corrected chi connectivity index (χ4v) is 2.36. The quantitative estimate of drug-likeness (QED) is 0.770. The lowest BCUT2D eigenvalue weighted by molar-refractivity contribution is 0.200. The van der Waals surface area contributed by atoms with Gasteiger partial charge >= 0.3 is 0 Å². The minimum atomic E-state index is -0.527. The predicted molar refractivity (Wildman–Crippen MR) is 81.8 cm³/mol. The molecule has 2 atom stereocenters. The third kappa shape index (κ3) is 3.11. The Labute approximate surface area is 119 Å². The van der Waals surface area contributed by atoms with Gasteiger partial charge in [0.25, 0.3) is 0 Å². The van der Waals surface area contributed by atoms with Gasteiger partial charge in [0, 0.05) is 16.8 Å². The Bertz CT molecular complexity index is 566. The van der Waals surface area contributed by atoms with Crippen LogP contribution >= 0.6 is 0 Å². The highest BCUT2D eigenvalue weighted by Gasteiger charge is 2.15. The lowest BCUT2D eigenvalue weighted by Crippen LogP contribution is -2.12. The summed E-state index contributed by atoms with van der Waals surface area (Å²) >= 11 is 0. The van der Waals surface area contributed by atoms with E-state index in [1.54, 1.807) is 13.0 Å². The van der Waals surface area contributed by atoms with E-state index in [1.807, 2.05) is 42.5 Å². The molecule has 0 bridgehead atoms. The van der Waals surface area contributed by atoms with Gasteiger partial charge in [-0.25, -0.2) is 0 Å². The molecule has 0 radical (unpaired) electrons. The number of hydrogen-bond donors (Lipinski definition) is 3. The molecule has 0 fully saturated rings. The largest absolute Gasteiger partial charge is 0.508 e. The zero-order chi connectivity index (χ0) is 14.5. The second-order valence-electron chi connectivity index (χ2n) is 4.93. The molecule has 20 heavy (non-hydrogen) atoms. The maximum Gasteiger partial charge on any atom is 0.120 e. The van der Waals surface area contributed by atoms with Crippen molar-refractivity contribution in [3.63, 3.8) is 0 Å². The Morgan fingerprint density at radius 1 is 1.00 bits per heavy atom. The van der Waals surface area contributed by atoms with E-state index >= 15 is 0 Å². The van der Waals surface area contributed by atoms with Gasteiger partial charge in [-0.05, 0) is 25.5 Å². The lowest BCUT2D eigenvalue weighted by Gasteiger charge is -2.22. The number of phenols is 1. The maximum absolute atomic E-state index is 9.98. The highest BCUT2D eigenvalue weighted by molar-refractivity contribution is 5.54. The normalized spacial score (nSPS) is 13.8. The molecule has 0 saturated carbocycles. The van der Waals surface area contributed by atoms with E-state index in [1.165, 1.54) is 0 Å². The summed E-state index contributed by atoms with van der Waals surface area (Å²) in [6, 6.07) is 15.1. The lowest BCUT2D eigenvalue weighted by atomic mass is 10.0. The zero-order valence-electron chi connectivity index (χ0n) is 11.9. The molecule has 3 N–H and O–H groups in total. The Morgan fingerprint density at radius 3 is 2.20 bits per heavy atom. The van der Waals surface area contributed by atoms with Crippen LogP contribution in [0.5, 0.6) is 5.75 Å². The van der Waals surface area contributed by atoms with Crippen molar-refractivity contribution in [3.05, 3.63) is 59.7 Å². The van der Waals surface area contributed by atoms with Crippen LogP contribution in [0.2, 0.25) is 0 Å². The number of benzene rings is 2. The Kier molecular flexibility index (Phi) is 4.64. The highest BCUT2D eigenvalue weighted by Crippen LogP contribution is 2.31. The molecule has 0 aliphatic carbocycles. The van der Waals surface area contributed by atoms with Crippen molar-refractivity contribution < 1.29 is 10.2 Å². The predicted octanol–water partition coefficient (Wildman–Crippen LogP) is 4.01. The van der Waals surface area contributed by atoms with Crippen LogP contribution in [0.4, 0.5) is 5.69 Å². The minimum Gasteiger partial charge on any atom is -0.508 e. The Balaban J connectivity index is 2.30. The van der Waals surface area contributed by atoms with Gasteiger partial charge in [0.2, 0.25) is 0 Å². The third-order valence-electron chi connectivity index (χ3n) is 3.46. The van der Waals surface area contributed by atoms with Crippen molar-refractivity contribution in [1.29, 1.82) is 0 Å². The summed E-state index contributed by atoms with van der Waals surface area (Å²) in [5.41, 5.74) is 2.63. The first-order valence-electron chi connectivity index (χ1n) is 6.95. The van der Waals surface area contributed by atoms with Crippen molar-refractivity contribution >= 4 is 5.69 Å². The summed E-state index contributed by atoms with van der Waals surface area (Å²) in [6.45, 7) is 3.82. The molecule has 106 valence electrons. The molecule has 0 spiro atoms. The molecule has 3 heteroatoms. The van der Waals surface area contributed by atoms with Crippen LogP contribution < -0.4 is 5.32 Å². The minimum absolute atomic E-state index is 0.0103. The second kappa shape index (κ2) is 6.44. The van der Waals surface area contributed by atoms with Crippen molar-refractivity contribution in [2.75, 3.05) is 5.32 Å². The molecule has 0 heterocycles. The van der Waals surface area contributed by atoms with Gasteiger partial charge in [-0.15, -0.1) is 0 Å². The Hall–Kier alpha value is -2.00. The van der Waals surface area contributed by atoms with Gasteiger partial charge in [-0.2, -0.15) is 0 Å². The number of nitrogens with one attached hydrogen (secondary N) is 1. The van der Waals surface area contributed by atoms with Crippen LogP contribution in [0.3, 0.4) is 0 Å². The molecule has 0 amide bonds. The van der Waals surface area contributed by atoms with Crippen molar-refractivity contribution in [2.24, 2.45) is 0 Å². The summed E-state index contributed by atoms with van der Waals surface area (Å²) in [6.07, 6.45) is 0.312. The number of anilines is 1. The maximum atomic E-state index is 9.98. The number of para-hydroxylation sites is 2. The molecule has 2 rings (SSSR count). The smallest absolute Gasteiger partial charge is 0.120 e. The monoisotopic (exact) mass is 271 g/mol. The third-order valence-corrected chi connectivity index (χ3v) is 3.46. The molecular formula is C17H21NO2. The van der Waals surface area contributed by atoms with Crippen LogP contribution in [0.25, 0.3) is 0 Å². The molecule has 0 aliphatic rings. The summed E-state index contributed by atoms with van der Waals surface area (Å²) < 4.78 is 0. The number of phenolic OH excluding ortho intramolecular Hbond substituents is 1. The van der Waals surface area contributed by atoms with Gasteiger partial charge in [0.15, 0.2) is 0 Å². The average Bonchev–Trinajstić information content (AvgIpc) is 2.46. The van der Waals surface area contributed by atoms with Crippen LogP contribution in [0, 0.1) is 0 Å². The van der Waals surface area contributed by atoms with Gasteiger partial charge in [-0.1, -0.05) is 43.3 Å². The van der Waals surface area contributed by atoms with Gasteiger partial charge in [-0.3, -0.25) is 0 Å². The van der Waals surface area contributed by atoms with E-state index < -0.39 is 6.10 Å². The fourth-order valence-electron chi connectivity index (χ4n) is 2.36. The van der Waals surface area contributed by atoms with Crippen molar-refractivity contribution in [1.82, 2.24) is 0 Å². The molecule has 0 aliphatic heterocycles. The van der Waals surface area contributed by atoms with E-state index in [9.17, 15) is 10.2 Å². The van der Waals surface area contributed by atoms with Crippen LogP contribution in [0.15, 0.2) is 48.5 Å². The van der Waals surface area contributed by atoms with Crippen LogP contribution in [-0.4, -0.2) is 10.2 Å². The first kappa shape index (κ1) is 14.4. The van der Waals surface area contributed by atoms with Crippen molar-refractivity contribution in [3.8, 4) is 5.75 Å². The standard InChI is InChI=1S/C17H21NO2/c1-3-15(14-9-5-7-11-17(14)20)18-16-10-6-4-8-13(16)12(2)19/h4-12,15,18-20H,3H2,1-2H3. The molecule has 2 aromatic rings. The zero-order valence-corrected chi connectivity index (χ0v) is 11.9. The molecular weight excluding hydrogens is 250 g/mol. The van der Waals surface area contributed by atoms with E-state index in [2.05, 4.69) is 12.2 Å². The summed E-state index contributed by atoms with van der Waals surface area (Å²) in [5.74, 6) is 0.293. The van der Waals surface area contributed by atoms with Gasteiger partial charge < -0.3 is 15.5 Å². The molecule has 0 saturated heterocycles. The second-order valence-corrected chi connectivity index (χ2v) is 4.93. The summed E-state index contributed by atoms with van der Waals surface area (Å²) in [7, 11) is 0. The summed E-state index contributed by atoms with van der Waals surface area (Å²) in [4.78, 5) is 0. The van der Waals surface area contributed by atoms with Crippen LogP contribution in [0.1, 0.15) is 43.5 Å². The summed E-state index contributed by atoms with van der Waals surface area (Å²) in [5, 5.41) is 23.2. The molecule has 2 unspecified atom stereocenters. The van der Waals surface area contributed by atoms with Crippen LogP contribution in [-0.2, 0) is 0 Å². The highest BCUT2D eigenvalue weighted by atomic mass is 16.3. The van der Waals surface area contributed by atoms with Gasteiger partial charge in [0.05, 0.1) is 12.1 Å².